The predicted molar refractivity (Wildman–Crippen MR) is 150 cm³/mol. The molecule has 5 rings (SSSR count). The van der Waals surface area contributed by atoms with Gasteiger partial charge >= 0.3 is 0 Å². The van der Waals surface area contributed by atoms with Crippen molar-refractivity contribution < 1.29 is 27.4 Å². The van der Waals surface area contributed by atoms with Gasteiger partial charge in [0.25, 0.3) is 0 Å². The van der Waals surface area contributed by atoms with E-state index in [2.05, 4.69) is 15.3 Å². The topological polar surface area (TPSA) is 129 Å². The average Bonchev–Trinajstić information content (AvgIpc) is 3.64. The SMILES string of the molecule is COc1ccc(-c2ccc(CN3C(C(C)C)C(=O)N(Cc4cn(CCC5OCCO5)nn4)CCS3(=O)=O)cc2)cn1. The maximum atomic E-state index is 13.8. The first-order chi connectivity index (χ1) is 19.7. The van der Waals surface area contributed by atoms with Crippen LogP contribution in [0, 0.1) is 5.92 Å². The molecule has 0 radical (unpaired) electrons. The van der Waals surface area contributed by atoms with E-state index >= 15 is 0 Å². The van der Waals surface area contributed by atoms with Gasteiger partial charge in [0.2, 0.25) is 21.8 Å². The van der Waals surface area contributed by atoms with E-state index in [1.54, 1.807) is 35.2 Å². The molecule has 1 aromatic carbocycles. The monoisotopic (exact) mass is 584 g/mol. The van der Waals surface area contributed by atoms with Gasteiger partial charge in [-0.15, -0.1) is 5.10 Å². The summed E-state index contributed by atoms with van der Waals surface area (Å²) in [5.41, 5.74) is 3.26. The molecule has 0 bridgehead atoms. The van der Waals surface area contributed by atoms with Gasteiger partial charge in [-0.2, -0.15) is 4.31 Å². The summed E-state index contributed by atoms with van der Waals surface area (Å²) in [5, 5.41) is 8.38. The highest BCUT2D eigenvalue weighted by atomic mass is 32.2. The van der Waals surface area contributed by atoms with E-state index in [1.807, 2.05) is 44.2 Å². The number of amides is 1. The smallest absolute Gasteiger partial charge is 0.241 e. The molecule has 2 aliphatic rings. The number of nitrogens with zero attached hydrogens (tertiary/aromatic N) is 6. The van der Waals surface area contributed by atoms with Crippen LogP contribution >= 0.6 is 0 Å². The molecule has 220 valence electrons. The number of methoxy groups -OCH3 is 1. The lowest BCUT2D eigenvalue weighted by Gasteiger charge is -2.32. The summed E-state index contributed by atoms with van der Waals surface area (Å²) >= 11 is 0. The highest BCUT2D eigenvalue weighted by molar-refractivity contribution is 7.89. The lowest BCUT2D eigenvalue weighted by molar-refractivity contribution is -0.136. The first-order valence-electron chi connectivity index (χ1n) is 13.7. The molecular weight excluding hydrogens is 548 g/mol. The number of sulfonamides is 1. The van der Waals surface area contributed by atoms with Crippen LogP contribution in [0.2, 0.25) is 0 Å². The van der Waals surface area contributed by atoms with Gasteiger partial charge in [-0.05, 0) is 23.1 Å². The van der Waals surface area contributed by atoms with E-state index in [1.165, 1.54) is 4.31 Å². The Morgan fingerprint density at radius 1 is 1.05 bits per heavy atom. The molecule has 41 heavy (non-hydrogen) atoms. The predicted octanol–water partition coefficient (Wildman–Crippen LogP) is 2.31. The minimum absolute atomic E-state index is 0.0842. The van der Waals surface area contributed by atoms with Gasteiger partial charge in [0.05, 0.1) is 38.8 Å². The maximum absolute atomic E-state index is 13.8. The molecule has 1 unspecified atom stereocenters. The van der Waals surface area contributed by atoms with Crippen LogP contribution in [0.5, 0.6) is 5.88 Å². The number of rotatable bonds is 10. The van der Waals surface area contributed by atoms with Gasteiger partial charge in [0.15, 0.2) is 6.29 Å². The summed E-state index contributed by atoms with van der Waals surface area (Å²) in [6.07, 6.45) is 3.91. The zero-order valence-corrected chi connectivity index (χ0v) is 24.4. The van der Waals surface area contributed by atoms with E-state index in [0.29, 0.717) is 37.8 Å². The number of benzene rings is 1. The van der Waals surface area contributed by atoms with Crippen LogP contribution in [0.1, 0.15) is 31.5 Å². The van der Waals surface area contributed by atoms with Crippen molar-refractivity contribution in [2.45, 2.75) is 52.2 Å². The van der Waals surface area contributed by atoms with Gasteiger partial charge in [-0.3, -0.25) is 9.48 Å². The van der Waals surface area contributed by atoms with Crippen molar-refractivity contribution in [3.8, 4) is 17.0 Å². The number of hydrogen-bond acceptors (Lipinski definition) is 9. The molecule has 0 N–H and O–H groups in total. The minimum atomic E-state index is -3.72. The van der Waals surface area contributed by atoms with Crippen molar-refractivity contribution in [2.75, 3.05) is 32.6 Å². The molecule has 2 fully saturated rings. The highest BCUT2D eigenvalue weighted by Gasteiger charge is 2.42. The Labute approximate surface area is 240 Å². The minimum Gasteiger partial charge on any atom is -0.481 e. The molecule has 2 aromatic heterocycles. The van der Waals surface area contributed by atoms with Gasteiger partial charge in [0, 0.05) is 43.9 Å². The van der Waals surface area contributed by atoms with Crippen molar-refractivity contribution >= 4 is 15.9 Å². The lowest BCUT2D eigenvalue weighted by Crippen LogP contribution is -2.49. The number of ether oxygens (including phenoxy) is 3. The number of carbonyl (C=O) groups is 1. The second-order valence-corrected chi connectivity index (χ2v) is 12.6. The Balaban J connectivity index is 1.29. The second kappa shape index (κ2) is 12.6. The molecule has 1 amide bonds. The summed E-state index contributed by atoms with van der Waals surface area (Å²) in [6, 6.07) is 10.5. The molecule has 2 saturated heterocycles. The fourth-order valence-electron chi connectivity index (χ4n) is 5.09. The van der Waals surface area contributed by atoms with E-state index in [9.17, 15) is 13.2 Å². The Bertz CT molecular complexity index is 1420. The molecule has 4 heterocycles. The van der Waals surface area contributed by atoms with Crippen molar-refractivity contribution in [1.82, 2.24) is 29.2 Å². The third-order valence-electron chi connectivity index (χ3n) is 7.28. The molecule has 1 atom stereocenters. The van der Waals surface area contributed by atoms with E-state index in [0.717, 1.165) is 16.7 Å². The summed E-state index contributed by atoms with van der Waals surface area (Å²) in [5.74, 6) is -0.0968. The van der Waals surface area contributed by atoms with Crippen LogP contribution in [-0.2, 0) is 43.9 Å². The van der Waals surface area contributed by atoms with Crippen LogP contribution in [-0.4, -0.2) is 88.5 Å². The molecule has 3 aromatic rings. The van der Waals surface area contributed by atoms with Gasteiger partial charge in [-0.1, -0.05) is 43.3 Å². The number of hydrogen-bond donors (Lipinski definition) is 0. The van der Waals surface area contributed by atoms with Crippen molar-refractivity contribution in [2.24, 2.45) is 5.92 Å². The van der Waals surface area contributed by atoms with Crippen LogP contribution in [0.25, 0.3) is 11.1 Å². The van der Waals surface area contributed by atoms with Crippen molar-refractivity contribution in [1.29, 1.82) is 0 Å². The summed E-state index contributed by atoms with van der Waals surface area (Å²) in [6.45, 7) is 5.87. The number of aromatic nitrogens is 4. The third kappa shape index (κ3) is 6.92. The van der Waals surface area contributed by atoms with Gasteiger partial charge < -0.3 is 19.1 Å². The lowest BCUT2D eigenvalue weighted by atomic mass is 10.0. The first kappa shape index (κ1) is 29.1. The normalized spacial score (nSPS) is 20.0. The molecule has 0 spiro atoms. The Morgan fingerprint density at radius 2 is 1.78 bits per heavy atom. The van der Waals surface area contributed by atoms with Crippen LogP contribution in [0.4, 0.5) is 0 Å². The molecular formula is C28H36N6O6S. The molecule has 12 nitrogen and oxygen atoms in total. The standard InChI is InChI=1S/C28H36N6O6S/c1-20(2)27-28(35)32(18-24-19-33(31-30-24)11-10-26-39-13-14-40-26)12-15-41(36,37)34(27)17-21-4-6-22(7-5-21)23-8-9-25(38-3)29-16-23/h4-9,16,19-20,26-27H,10-15,17-18H2,1-3H3. The highest BCUT2D eigenvalue weighted by Crippen LogP contribution is 2.27. The third-order valence-corrected chi connectivity index (χ3v) is 9.05. The van der Waals surface area contributed by atoms with Gasteiger partial charge in [0.1, 0.15) is 11.7 Å². The summed E-state index contributed by atoms with van der Waals surface area (Å²) in [4.78, 5) is 19.6. The van der Waals surface area contributed by atoms with E-state index in [4.69, 9.17) is 14.2 Å². The van der Waals surface area contributed by atoms with Gasteiger partial charge in [-0.25, -0.2) is 13.4 Å². The molecule has 0 saturated carbocycles. The summed E-state index contributed by atoms with van der Waals surface area (Å²) < 4.78 is 46.1. The molecule has 2 aliphatic heterocycles. The van der Waals surface area contributed by atoms with E-state index in [-0.39, 0.29) is 43.5 Å². The zero-order valence-electron chi connectivity index (χ0n) is 23.5. The number of carbonyl (C=O) groups excluding carboxylic acids is 1. The average molecular weight is 585 g/mol. The Hall–Kier alpha value is -3.39. The van der Waals surface area contributed by atoms with Crippen LogP contribution in [0.15, 0.2) is 48.8 Å². The second-order valence-electron chi connectivity index (χ2n) is 10.5. The Morgan fingerprint density at radius 3 is 2.44 bits per heavy atom. The Kier molecular flexibility index (Phi) is 8.97. The van der Waals surface area contributed by atoms with Crippen LogP contribution < -0.4 is 4.74 Å². The quantitative estimate of drug-likeness (QED) is 0.353. The van der Waals surface area contributed by atoms with Crippen molar-refractivity contribution in [3.05, 3.63) is 60.0 Å². The van der Waals surface area contributed by atoms with Crippen molar-refractivity contribution in [3.63, 3.8) is 0 Å². The fraction of sp³-hybridized carbons (Fsp3) is 0.500. The summed E-state index contributed by atoms with van der Waals surface area (Å²) in [7, 11) is -2.15. The number of pyridine rings is 1. The first-order valence-corrected chi connectivity index (χ1v) is 15.3. The number of aryl methyl sites for hydroxylation is 1. The zero-order chi connectivity index (χ0) is 29.0. The maximum Gasteiger partial charge on any atom is 0.241 e. The molecule has 13 heteroatoms. The molecule has 0 aliphatic carbocycles. The fourth-order valence-corrected chi connectivity index (χ4v) is 6.80. The largest absolute Gasteiger partial charge is 0.481 e. The van der Waals surface area contributed by atoms with Crippen LogP contribution in [0.3, 0.4) is 0 Å². The van der Waals surface area contributed by atoms with E-state index < -0.39 is 16.1 Å².